The third kappa shape index (κ3) is 3.02. The molecule has 1 heterocycles. The van der Waals surface area contributed by atoms with E-state index >= 15 is 0 Å². The van der Waals surface area contributed by atoms with E-state index in [1.165, 1.54) is 0 Å². The lowest BCUT2D eigenvalue weighted by Gasteiger charge is -2.45. The van der Waals surface area contributed by atoms with Gasteiger partial charge < -0.3 is 5.11 Å². The Morgan fingerprint density at radius 1 is 1.13 bits per heavy atom. The third-order valence-electron chi connectivity index (χ3n) is 5.27. The van der Waals surface area contributed by atoms with E-state index < -0.39 is 21.9 Å². The predicted molar refractivity (Wildman–Crippen MR) is 86.6 cm³/mol. The van der Waals surface area contributed by atoms with Crippen molar-refractivity contribution < 1.29 is 18.3 Å². The summed E-state index contributed by atoms with van der Waals surface area (Å²) in [6.07, 6.45) is 3.93. The number of carboxylic acid groups (broad SMARTS) is 1. The van der Waals surface area contributed by atoms with Crippen LogP contribution in [0, 0.1) is 18.8 Å². The van der Waals surface area contributed by atoms with Crippen LogP contribution in [-0.2, 0) is 14.8 Å². The molecule has 3 atom stereocenters. The first-order valence-corrected chi connectivity index (χ1v) is 9.66. The smallest absolute Gasteiger partial charge is 0.306 e. The molecule has 3 rings (SSSR count). The number of piperidine rings is 1. The maximum Gasteiger partial charge on any atom is 0.306 e. The van der Waals surface area contributed by atoms with Gasteiger partial charge in [0.15, 0.2) is 0 Å². The molecular formula is C17H23NO4S. The number of sulfonamides is 1. The van der Waals surface area contributed by atoms with Crippen molar-refractivity contribution in [1.29, 1.82) is 0 Å². The van der Waals surface area contributed by atoms with Gasteiger partial charge in [0.25, 0.3) is 0 Å². The van der Waals surface area contributed by atoms with E-state index in [2.05, 4.69) is 0 Å². The fraction of sp³-hybridized carbons (Fsp3) is 0.588. The van der Waals surface area contributed by atoms with Crippen LogP contribution in [0.25, 0.3) is 0 Å². The maximum atomic E-state index is 13.0. The van der Waals surface area contributed by atoms with Crippen LogP contribution in [0.1, 0.15) is 37.7 Å². The molecule has 3 unspecified atom stereocenters. The lowest BCUT2D eigenvalue weighted by atomic mass is 9.73. The van der Waals surface area contributed by atoms with Crippen molar-refractivity contribution in [3.63, 3.8) is 0 Å². The number of rotatable bonds is 3. The monoisotopic (exact) mass is 337 g/mol. The minimum Gasteiger partial charge on any atom is -0.481 e. The van der Waals surface area contributed by atoms with E-state index in [1.54, 1.807) is 28.6 Å². The molecule has 5 nitrogen and oxygen atoms in total. The van der Waals surface area contributed by atoms with Crippen molar-refractivity contribution in [1.82, 2.24) is 4.31 Å². The van der Waals surface area contributed by atoms with E-state index in [1.807, 2.05) is 6.92 Å². The molecule has 1 saturated carbocycles. The van der Waals surface area contributed by atoms with Crippen molar-refractivity contribution in [2.75, 3.05) is 6.54 Å². The van der Waals surface area contributed by atoms with Gasteiger partial charge in [0.2, 0.25) is 10.0 Å². The summed E-state index contributed by atoms with van der Waals surface area (Å²) in [5.74, 6) is -1.26. The first-order chi connectivity index (χ1) is 10.9. The highest BCUT2D eigenvalue weighted by atomic mass is 32.2. The van der Waals surface area contributed by atoms with Crippen LogP contribution in [-0.4, -0.2) is 36.4 Å². The minimum atomic E-state index is -3.56. The number of hydrogen-bond acceptors (Lipinski definition) is 3. The highest BCUT2D eigenvalue weighted by Crippen LogP contribution is 2.41. The molecule has 1 N–H and O–H groups in total. The van der Waals surface area contributed by atoms with Crippen molar-refractivity contribution in [3.8, 4) is 0 Å². The number of fused-ring (bicyclic) bond motifs is 1. The van der Waals surface area contributed by atoms with Crippen LogP contribution in [0.4, 0.5) is 0 Å². The van der Waals surface area contributed by atoms with E-state index in [9.17, 15) is 18.3 Å². The topological polar surface area (TPSA) is 74.7 Å². The first-order valence-electron chi connectivity index (χ1n) is 8.22. The summed E-state index contributed by atoms with van der Waals surface area (Å²) in [4.78, 5) is 11.8. The molecule has 0 bridgehead atoms. The van der Waals surface area contributed by atoms with Crippen LogP contribution >= 0.6 is 0 Å². The Hall–Kier alpha value is -1.40. The molecule has 2 fully saturated rings. The molecule has 2 aliphatic rings. The highest BCUT2D eigenvalue weighted by molar-refractivity contribution is 7.89. The van der Waals surface area contributed by atoms with Crippen LogP contribution in [0.3, 0.4) is 0 Å². The van der Waals surface area contributed by atoms with Crippen LogP contribution in [0.2, 0.25) is 0 Å². The second-order valence-corrected chi connectivity index (χ2v) is 8.57. The number of benzene rings is 1. The van der Waals surface area contributed by atoms with Gasteiger partial charge in [-0.1, -0.05) is 30.5 Å². The summed E-state index contributed by atoms with van der Waals surface area (Å²) >= 11 is 0. The molecule has 0 aromatic heterocycles. The SMILES string of the molecule is Cc1ccc(S(=O)(=O)N2CCC(C(=O)O)C3CCCCC32)cc1. The number of carboxylic acids is 1. The van der Waals surface area contributed by atoms with Crippen molar-refractivity contribution >= 4 is 16.0 Å². The molecule has 6 heteroatoms. The zero-order valence-electron chi connectivity index (χ0n) is 13.3. The summed E-state index contributed by atoms with van der Waals surface area (Å²) in [6, 6.07) is 6.71. The summed E-state index contributed by atoms with van der Waals surface area (Å²) in [6.45, 7) is 2.22. The fourth-order valence-electron chi connectivity index (χ4n) is 4.06. The molecule has 1 aromatic rings. The second-order valence-electron chi connectivity index (χ2n) is 6.68. The van der Waals surface area contributed by atoms with Crippen molar-refractivity contribution in [2.45, 2.75) is 50.0 Å². The largest absolute Gasteiger partial charge is 0.481 e. The summed E-state index contributed by atoms with van der Waals surface area (Å²) < 4.78 is 27.6. The lowest BCUT2D eigenvalue weighted by Crippen LogP contribution is -2.54. The van der Waals surface area contributed by atoms with Gasteiger partial charge in [-0.3, -0.25) is 4.79 Å². The molecule has 126 valence electrons. The quantitative estimate of drug-likeness (QED) is 0.920. The van der Waals surface area contributed by atoms with E-state index in [0.717, 1.165) is 31.2 Å². The van der Waals surface area contributed by atoms with Gasteiger partial charge in [0, 0.05) is 12.6 Å². The number of hydrogen-bond donors (Lipinski definition) is 1. The molecule has 1 saturated heterocycles. The first kappa shape index (κ1) is 16.5. The lowest BCUT2D eigenvalue weighted by molar-refractivity contribution is -0.147. The zero-order chi connectivity index (χ0) is 16.6. The van der Waals surface area contributed by atoms with Crippen molar-refractivity contribution in [3.05, 3.63) is 29.8 Å². The van der Waals surface area contributed by atoms with Gasteiger partial charge in [0.05, 0.1) is 10.8 Å². The Morgan fingerprint density at radius 2 is 1.78 bits per heavy atom. The Balaban J connectivity index is 1.92. The standard InChI is InChI=1S/C17H23NO4S/c1-12-6-8-13(9-7-12)23(21,22)18-11-10-15(17(19)20)14-4-2-3-5-16(14)18/h6-9,14-16H,2-5,10-11H2,1H3,(H,19,20). The summed E-state index contributed by atoms with van der Waals surface area (Å²) in [5.41, 5.74) is 1.02. The number of nitrogens with zero attached hydrogens (tertiary/aromatic N) is 1. The maximum absolute atomic E-state index is 13.0. The van der Waals surface area contributed by atoms with E-state index in [0.29, 0.717) is 17.9 Å². The molecular weight excluding hydrogens is 314 g/mol. The van der Waals surface area contributed by atoms with Crippen LogP contribution in [0.5, 0.6) is 0 Å². The van der Waals surface area contributed by atoms with Gasteiger partial charge in [-0.05, 0) is 44.2 Å². The van der Waals surface area contributed by atoms with Crippen LogP contribution < -0.4 is 0 Å². The fourth-order valence-corrected chi connectivity index (χ4v) is 5.78. The zero-order valence-corrected chi connectivity index (χ0v) is 14.1. The van der Waals surface area contributed by atoms with Gasteiger partial charge in [-0.15, -0.1) is 0 Å². The Labute approximate surface area is 137 Å². The van der Waals surface area contributed by atoms with Gasteiger partial charge in [-0.25, -0.2) is 8.42 Å². The summed E-state index contributed by atoms with van der Waals surface area (Å²) in [5, 5.41) is 9.45. The van der Waals surface area contributed by atoms with E-state index in [4.69, 9.17) is 0 Å². The second kappa shape index (κ2) is 6.24. The molecule has 1 aromatic carbocycles. The third-order valence-corrected chi connectivity index (χ3v) is 7.21. The van der Waals surface area contributed by atoms with Crippen molar-refractivity contribution in [2.24, 2.45) is 11.8 Å². The van der Waals surface area contributed by atoms with Gasteiger partial charge in [-0.2, -0.15) is 4.31 Å². The number of aryl methyl sites for hydroxylation is 1. The Bertz CT molecular complexity index is 683. The predicted octanol–water partition coefficient (Wildman–Crippen LogP) is 2.65. The average molecular weight is 337 g/mol. The number of aliphatic carboxylic acids is 1. The molecule has 23 heavy (non-hydrogen) atoms. The molecule has 1 aliphatic carbocycles. The van der Waals surface area contributed by atoms with E-state index in [-0.39, 0.29) is 12.0 Å². The minimum absolute atomic E-state index is 0.0600. The Morgan fingerprint density at radius 3 is 2.43 bits per heavy atom. The normalized spacial score (nSPS) is 29.0. The molecule has 0 amide bonds. The Kier molecular flexibility index (Phi) is 4.47. The molecule has 0 spiro atoms. The highest BCUT2D eigenvalue weighted by Gasteiger charge is 2.46. The molecule has 0 radical (unpaired) electrons. The van der Waals surface area contributed by atoms with Gasteiger partial charge >= 0.3 is 5.97 Å². The van der Waals surface area contributed by atoms with Gasteiger partial charge in [0.1, 0.15) is 0 Å². The molecule has 1 aliphatic heterocycles. The number of carbonyl (C=O) groups is 1. The summed E-state index contributed by atoms with van der Waals surface area (Å²) in [7, 11) is -3.56. The van der Waals surface area contributed by atoms with Crippen LogP contribution in [0.15, 0.2) is 29.2 Å². The average Bonchev–Trinajstić information content (AvgIpc) is 2.54.